The molecule has 1 saturated carbocycles. The van der Waals surface area contributed by atoms with E-state index in [9.17, 15) is 9.59 Å². The Kier molecular flexibility index (Phi) is 7.91. The number of quaternary nitrogens is 1. The number of anilines is 1. The van der Waals surface area contributed by atoms with Crippen LogP contribution in [-0.2, 0) is 9.59 Å². The first kappa shape index (κ1) is 20.2. The highest BCUT2D eigenvalue weighted by atomic mass is 16.5. The first-order valence-corrected chi connectivity index (χ1v) is 9.58. The zero-order chi connectivity index (χ0) is 18.9. The molecule has 0 radical (unpaired) electrons. The third kappa shape index (κ3) is 6.02. The normalized spacial score (nSPS) is 16.0. The van der Waals surface area contributed by atoms with Crippen LogP contribution in [0.5, 0.6) is 5.75 Å². The molecule has 6 heteroatoms. The van der Waals surface area contributed by atoms with Crippen LogP contribution in [0.1, 0.15) is 39.0 Å². The molecule has 2 rings (SSSR count). The number of hydrogen-bond acceptors (Lipinski definition) is 3. The number of benzene rings is 1. The van der Waals surface area contributed by atoms with E-state index in [1.807, 2.05) is 18.9 Å². The molecule has 0 aliphatic heterocycles. The number of rotatable bonds is 8. The highest BCUT2D eigenvalue weighted by molar-refractivity contribution is 5.91. The number of hydrogen-bond donors (Lipinski definition) is 2. The predicted octanol–water partition coefficient (Wildman–Crippen LogP) is 1.33. The maximum atomic E-state index is 12.7. The number of methoxy groups -OCH3 is 1. The third-order valence-corrected chi connectivity index (χ3v) is 4.97. The fourth-order valence-electron chi connectivity index (χ4n) is 3.61. The molecule has 1 aromatic carbocycles. The van der Waals surface area contributed by atoms with Crippen molar-refractivity contribution >= 4 is 17.5 Å². The molecule has 0 spiro atoms. The average Bonchev–Trinajstić information content (AvgIpc) is 2.63. The van der Waals surface area contributed by atoms with Gasteiger partial charge in [0.1, 0.15) is 5.75 Å². The second-order valence-electron chi connectivity index (χ2n) is 7.06. The fraction of sp³-hybridized carbons (Fsp3) is 0.600. The van der Waals surface area contributed by atoms with Gasteiger partial charge in [0.15, 0.2) is 13.1 Å². The Morgan fingerprint density at radius 1 is 1.15 bits per heavy atom. The molecule has 0 bridgehead atoms. The SMILES string of the molecule is CCN(C(=O)C[NH+](C)CC(=O)Nc1ccc(OC)cc1)C1CCCCC1. The van der Waals surface area contributed by atoms with Crippen molar-refractivity contribution in [2.45, 2.75) is 45.1 Å². The molecule has 1 aromatic rings. The van der Waals surface area contributed by atoms with Crippen molar-refractivity contribution in [3.05, 3.63) is 24.3 Å². The van der Waals surface area contributed by atoms with Crippen LogP contribution in [0, 0.1) is 0 Å². The Labute approximate surface area is 156 Å². The van der Waals surface area contributed by atoms with Crippen molar-refractivity contribution in [1.82, 2.24) is 4.90 Å². The van der Waals surface area contributed by atoms with E-state index in [1.54, 1.807) is 31.4 Å². The summed E-state index contributed by atoms with van der Waals surface area (Å²) in [6, 6.07) is 7.60. The number of carbonyl (C=O) groups excluding carboxylic acids is 2. The number of likely N-dealkylation sites (N-methyl/N-ethyl adjacent to an activating group) is 2. The number of nitrogens with one attached hydrogen (secondary N) is 2. The lowest BCUT2D eigenvalue weighted by Gasteiger charge is -2.33. The molecular weight excluding hydrogens is 330 g/mol. The highest BCUT2D eigenvalue weighted by Gasteiger charge is 2.26. The lowest BCUT2D eigenvalue weighted by atomic mass is 9.94. The van der Waals surface area contributed by atoms with Gasteiger partial charge in [-0.1, -0.05) is 19.3 Å². The zero-order valence-corrected chi connectivity index (χ0v) is 16.2. The smallest absolute Gasteiger partial charge is 0.279 e. The summed E-state index contributed by atoms with van der Waals surface area (Å²) in [7, 11) is 3.50. The van der Waals surface area contributed by atoms with E-state index in [0.29, 0.717) is 12.6 Å². The van der Waals surface area contributed by atoms with Gasteiger partial charge in [0.05, 0.1) is 14.2 Å². The van der Waals surface area contributed by atoms with E-state index in [-0.39, 0.29) is 18.4 Å². The molecule has 0 heterocycles. The van der Waals surface area contributed by atoms with Gasteiger partial charge in [-0.25, -0.2) is 0 Å². The Balaban J connectivity index is 1.80. The number of amides is 2. The van der Waals surface area contributed by atoms with E-state index < -0.39 is 0 Å². The van der Waals surface area contributed by atoms with Gasteiger partial charge in [-0.3, -0.25) is 9.59 Å². The first-order chi connectivity index (χ1) is 12.5. The summed E-state index contributed by atoms with van der Waals surface area (Å²) in [5.74, 6) is 0.800. The minimum absolute atomic E-state index is 0.0961. The van der Waals surface area contributed by atoms with Crippen LogP contribution in [0.4, 0.5) is 5.69 Å². The molecule has 1 fully saturated rings. The van der Waals surface area contributed by atoms with Crippen molar-refractivity contribution in [2.24, 2.45) is 0 Å². The Morgan fingerprint density at radius 3 is 2.38 bits per heavy atom. The van der Waals surface area contributed by atoms with Crippen LogP contribution in [-0.4, -0.2) is 56.5 Å². The topological polar surface area (TPSA) is 63.1 Å². The van der Waals surface area contributed by atoms with E-state index in [0.717, 1.165) is 35.7 Å². The Bertz CT molecular complexity index is 582. The molecular formula is C20H32N3O3+. The van der Waals surface area contributed by atoms with Gasteiger partial charge in [0.25, 0.3) is 11.8 Å². The van der Waals surface area contributed by atoms with E-state index in [2.05, 4.69) is 5.32 Å². The molecule has 1 aliphatic carbocycles. The third-order valence-electron chi connectivity index (χ3n) is 4.97. The van der Waals surface area contributed by atoms with Gasteiger partial charge in [0, 0.05) is 18.3 Å². The second-order valence-corrected chi connectivity index (χ2v) is 7.06. The molecule has 1 aliphatic rings. The maximum Gasteiger partial charge on any atom is 0.279 e. The average molecular weight is 362 g/mol. The van der Waals surface area contributed by atoms with Gasteiger partial charge in [-0.05, 0) is 44.0 Å². The summed E-state index contributed by atoms with van der Waals surface area (Å²) in [4.78, 5) is 27.8. The van der Waals surface area contributed by atoms with Crippen LogP contribution in [0.15, 0.2) is 24.3 Å². The van der Waals surface area contributed by atoms with Crippen LogP contribution in [0.25, 0.3) is 0 Å². The van der Waals surface area contributed by atoms with Crippen molar-refractivity contribution in [3.8, 4) is 5.75 Å². The van der Waals surface area contributed by atoms with Gasteiger partial charge in [-0.2, -0.15) is 0 Å². The molecule has 0 saturated heterocycles. The first-order valence-electron chi connectivity index (χ1n) is 9.58. The van der Waals surface area contributed by atoms with Crippen molar-refractivity contribution in [2.75, 3.05) is 39.1 Å². The second kappa shape index (κ2) is 10.2. The summed E-state index contributed by atoms with van der Waals surface area (Å²) in [5.41, 5.74) is 0.729. The van der Waals surface area contributed by atoms with Gasteiger partial charge >= 0.3 is 0 Å². The molecule has 6 nitrogen and oxygen atoms in total. The van der Waals surface area contributed by atoms with Crippen LogP contribution in [0.3, 0.4) is 0 Å². The van der Waals surface area contributed by atoms with E-state index in [4.69, 9.17) is 4.74 Å². The summed E-state index contributed by atoms with van der Waals surface area (Å²) >= 11 is 0. The summed E-state index contributed by atoms with van der Waals surface area (Å²) in [6.07, 6.45) is 5.91. The number of nitrogens with zero attached hydrogens (tertiary/aromatic N) is 1. The molecule has 26 heavy (non-hydrogen) atoms. The lowest BCUT2D eigenvalue weighted by Crippen LogP contribution is -3.11. The van der Waals surface area contributed by atoms with E-state index >= 15 is 0 Å². The predicted molar refractivity (Wildman–Crippen MR) is 103 cm³/mol. The highest BCUT2D eigenvalue weighted by Crippen LogP contribution is 2.22. The molecule has 0 aromatic heterocycles. The molecule has 2 amide bonds. The quantitative estimate of drug-likeness (QED) is 0.733. The monoisotopic (exact) mass is 362 g/mol. The lowest BCUT2D eigenvalue weighted by molar-refractivity contribution is -0.862. The summed E-state index contributed by atoms with van der Waals surface area (Å²) in [5, 5.41) is 2.86. The van der Waals surface area contributed by atoms with Gasteiger partial charge in [-0.15, -0.1) is 0 Å². The van der Waals surface area contributed by atoms with E-state index in [1.165, 1.54) is 19.3 Å². The van der Waals surface area contributed by atoms with Gasteiger partial charge in [0.2, 0.25) is 0 Å². The summed E-state index contributed by atoms with van der Waals surface area (Å²) in [6.45, 7) is 3.40. The maximum absolute atomic E-state index is 12.7. The van der Waals surface area contributed by atoms with Crippen molar-refractivity contribution in [1.29, 1.82) is 0 Å². The zero-order valence-electron chi connectivity index (χ0n) is 16.2. The Morgan fingerprint density at radius 2 is 1.81 bits per heavy atom. The molecule has 1 atom stereocenters. The van der Waals surface area contributed by atoms with Crippen LogP contribution >= 0.6 is 0 Å². The Hall–Kier alpha value is -2.08. The van der Waals surface area contributed by atoms with Crippen molar-refractivity contribution < 1.29 is 19.2 Å². The number of ether oxygens (including phenoxy) is 1. The van der Waals surface area contributed by atoms with Crippen LogP contribution in [0.2, 0.25) is 0 Å². The fourth-order valence-corrected chi connectivity index (χ4v) is 3.61. The van der Waals surface area contributed by atoms with Crippen molar-refractivity contribution in [3.63, 3.8) is 0 Å². The molecule has 2 N–H and O–H groups in total. The molecule has 144 valence electrons. The molecule has 1 unspecified atom stereocenters. The summed E-state index contributed by atoms with van der Waals surface area (Å²) < 4.78 is 5.11. The largest absolute Gasteiger partial charge is 0.497 e. The van der Waals surface area contributed by atoms with Crippen LogP contribution < -0.4 is 15.0 Å². The number of carbonyl (C=O) groups is 2. The minimum Gasteiger partial charge on any atom is -0.497 e. The standard InChI is InChI=1S/C20H31N3O3/c1-4-23(17-8-6-5-7-9-17)20(25)15-22(2)14-19(24)21-16-10-12-18(26-3)13-11-16/h10-13,17H,4-9,14-15H2,1-3H3,(H,21,24)/p+1. The van der Waals surface area contributed by atoms with Gasteiger partial charge < -0.3 is 19.9 Å². The minimum atomic E-state index is -0.0961.